The first-order valence-electron chi connectivity index (χ1n) is 6.49. The largest absolute Gasteiger partial charge is 0.326 e. The fourth-order valence-corrected chi connectivity index (χ4v) is 3.72. The second-order valence-corrected chi connectivity index (χ2v) is 8.88. The smallest absolute Gasteiger partial charge is 0.226 e. The first-order valence-corrected chi connectivity index (χ1v) is 8.81. The molecule has 1 N–H and O–H groups in total. The van der Waals surface area contributed by atoms with Gasteiger partial charge in [0.15, 0.2) is 0 Å². The van der Waals surface area contributed by atoms with Gasteiger partial charge in [0.25, 0.3) is 0 Å². The molecular formula is C15H23NOS2. The third-order valence-electron chi connectivity index (χ3n) is 2.32. The topological polar surface area (TPSA) is 29.1 Å². The molecule has 0 spiro atoms. The Labute approximate surface area is 124 Å². The van der Waals surface area contributed by atoms with Gasteiger partial charge in [-0.1, -0.05) is 74.4 Å². The summed E-state index contributed by atoms with van der Waals surface area (Å²) in [5.74, 6) is 0.974. The zero-order chi connectivity index (χ0) is 14.5. The van der Waals surface area contributed by atoms with Gasteiger partial charge in [-0.15, -0.1) is 0 Å². The third-order valence-corrected chi connectivity index (χ3v) is 5.58. The monoisotopic (exact) mass is 297 g/mol. The molecule has 0 saturated carbocycles. The van der Waals surface area contributed by atoms with E-state index in [1.54, 1.807) is 0 Å². The van der Waals surface area contributed by atoms with Crippen molar-refractivity contribution in [1.82, 2.24) is 0 Å². The third kappa shape index (κ3) is 6.39. The molecule has 19 heavy (non-hydrogen) atoms. The lowest BCUT2D eigenvalue weighted by molar-refractivity contribution is -0.118. The molecular weight excluding hydrogens is 274 g/mol. The van der Waals surface area contributed by atoms with E-state index in [1.807, 2.05) is 53.6 Å². The van der Waals surface area contributed by atoms with Gasteiger partial charge in [0.2, 0.25) is 5.91 Å². The van der Waals surface area contributed by atoms with E-state index in [9.17, 15) is 4.79 Å². The van der Waals surface area contributed by atoms with E-state index in [4.69, 9.17) is 0 Å². The number of hydrogen-bond acceptors (Lipinski definition) is 3. The summed E-state index contributed by atoms with van der Waals surface area (Å²) in [4.78, 5) is 11.8. The minimum atomic E-state index is 0.00431. The van der Waals surface area contributed by atoms with Crippen molar-refractivity contribution in [2.24, 2.45) is 5.92 Å². The van der Waals surface area contributed by atoms with Crippen molar-refractivity contribution in [3.8, 4) is 0 Å². The van der Waals surface area contributed by atoms with Crippen molar-refractivity contribution in [3.05, 3.63) is 29.8 Å². The minimum Gasteiger partial charge on any atom is -0.326 e. The van der Waals surface area contributed by atoms with E-state index >= 15 is 0 Å². The Balaban J connectivity index is 2.65. The van der Waals surface area contributed by atoms with Gasteiger partial charge < -0.3 is 5.32 Å². The van der Waals surface area contributed by atoms with Crippen molar-refractivity contribution < 1.29 is 4.79 Å². The first kappa shape index (κ1) is 16.4. The molecule has 1 amide bonds. The molecule has 0 heterocycles. The van der Waals surface area contributed by atoms with Crippen LogP contribution in [-0.2, 0) is 10.5 Å². The summed E-state index contributed by atoms with van der Waals surface area (Å²) in [7, 11) is 3.69. The van der Waals surface area contributed by atoms with Crippen molar-refractivity contribution in [2.45, 2.75) is 45.1 Å². The summed E-state index contributed by atoms with van der Waals surface area (Å²) in [6.45, 7) is 10.4. The van der Waals surface area contributed by atoms with Crippen LogP contribution in [0.3, 0.4) is 0 Å². The van der Waals surface area contributed by atoms with Crippen LogP contribution in [0, 0.1) is 5.92 Å². The number of benzene rings is 1. The molecule has 1 rings (SSSR count). The van der Waals surface area contributed by atoms with E-state index < -0.39 is 0 Å². The molecule has 0 saturated heterocycles. The Hall–Kier alpha value is -0.610. The summed E-state index contributed by atoms with van der Waals surface area (Å²) in [6, 6.07) is 8.02. The Morgan fingerprint density at radius 2 is 1.89 bits per heavy atom. The minimum absolute atomic E-state index is 0.00431. The van der Waals surface area contributed by atoms with Crippen molar-refractivity contribution >= 4 is 33.2 Å². The van der Waals surface area contributed by atoms with Gasteiger partial charge in [-0.2, -0.15) is 0 Å². The molecule has 0 unspecified atom stereocenters. The molecule has 0 atom stereocenters. The summed E-state index contributed by atoms with van der Waals surface area (Å²) >= 11 is 0. The maximum atomic E-state index is 11.8. The molecule has 0 aromatic heterocycles. The summed E-state index contributed by atoms with van der Waals surface area (Å²) in [6.07, 6.45) is 0. The van der Waals surface area contributed by atoms with Gasteiger partial charge in [-0.3, -0.25) is 4.79 Å². The van der Waals surface area contributed by atoms with Gasteiger partial charge >= 0.3 is 0 Å². The summed E-state index contributed by atoms with van der Waals surface area (Å²) < 4.78 is 0.251. The lowest BCUT2D eigenvalue weighted by Gasteiger charge is -2.17. The van der Waals surface area contributed by atoms with Gasteiger partial charge in [0.05, 0.1) is 0 Å². The molecule has 0 bridgehead atoms. The Morgan fingerprint density at radius 3 is 2.47 bits per heavy atom. The molecule has 2 nitrogen and oxygen atoms in total. The van der Waals surface area contributed by atoms with Crippen molar-refractivity contribution in [1.29, 1.82) is 0 Å². The number of rotatable bonds is 5. The van der Waals surface area contributed by atoms with Crippen LogP contribution in [0.4, 0.5) is 5.69 Å². The van der Waals surface area contributed by atoms with Crippen LogP contribution < -0.4 is 5.32 Å². The molecule has 0 aliphatic carbocycles. The number of carbonyl (C=O) groups excluding carboxylic acids is 1. The highest BCUT2D eigenvalue weighted by molar-refractivity contribution is 8.76. The van der Waals surface area contributed by atoms with Gasteiger partial charge in [-0.25, -0.2) is 0 Å². The number of hydrogen-bond donors (Lipinski definition) is 1. The Morgan fingerprint density at radius 1 is 1.26 bits per heavy atom. The maximum absolute atomic E-state index is 11.8. The van der Waals surface area contributed by atoms with Crippen LogP contribution in [0.1, 0.15) is 40.2 Å². The zero-order valence-electron chi connectivity index (χ0n) is 12.3. The van der Waals surface area contributed by atoms with Crippen LogP contribution in [0.2, 0.25) is 0 Å². The van der Waals surface area contributed by atoms with E-state index in [1.165, 1.54) is 5.56 Å². The number of amides is 1. The molecule has 4 heteroatoms. The van der Waals surface area contributed by atoms with Crippen LogP contribution in [-0.4, -0.2) is 10.7 Å². The lowest BCUT2D eigenvalue weighted by Crippen LogP contribution is -2.18. The van der Waals surface area contributed by atoms with Crippen LogP contribution >= 0.6 is 21.6 Å². The number of nitrogens with one attached hydrogen (secondary N) is 1. The van der Waals surface area contributed by atoms with Crippen molar-refractivity contribution in [2.75, 3.05) is 5.32 Å². The average molecular weight is 297 g/mol. The van der Waals surface area contributed by atoms with Gasteiger partial charge in [0.1, 0.15) is 0 Å². The van der Waals surface area contributed by atoms with Crippen LogP contribution in [0.25, 0.3) is 0 Å². The second kappa shape index (κ2) is 7.25. The number of anilines is 1. The zero-order valence-corrected chi connectivity index (χ0v) is 14.0. The van der Waals surface area contributed by atoms with Gasteiger partial charge in [0, 0.05) is 22.1 Å². The highest BCUT2D eigenvalue weighted by Crippen LogP contribution is 2.38. The quantitative estimate of drug-likeness (QED) is 0.779. The van der Waals surface area contributed by atoms with Crippen molar-refractivity contribution in [3.63, 3.8) is 0 Å². The Bertz CT molecular complexity index is 424. The maximum Gasteiger partial charge on any atom is 0.226 e. The van der Waals surface area contributed by atoms with E-state index in [0.717, 1.165) is 11.4 Å². The SMILES string of the molecule is CC(C)C(=O)Nc1ccccc1CSSC(C)(C)C. The van der Waals surface area contributed by atoms with Crippen LogP contribution in [0.15, 0.2) is 24.3 Å². The highest BCUT2D eigenvalue weighted by Gasteiger charge is 2.13. The fraction of sp³-hybridized carbons (Fsp3) is 0.533. The molecule has 1 aromatic carbocycles. The Kier molecular flexibility index (Phi) is 6.27. The molecule has 0 radical (unpaired) electrons. The van der Waals surface area contributed by atoms with E-state index in [2.05, 4.69) is 32.2 Å². The summed E-state index contributed by atoms with van der Waals surface area (Å²) in [5.41, 5.74) is 2.11. The second-order valence-electron chi connectivity index (χ2n) is 5.76. The van der Waals surface area contributed by atoms with E-state index in [-0.39, 0.29) is 16.6 Å². The van der Waals surface area contributed by atoms with Crippen LogP contribution in [0.5, 0.6) is 0 Å². The number of para-hydroxylation sites is 1. The average Bonchev–Trinajstić information content (AvgIpc) is 2.29. The normalized spacial score (nSPS) is 11.7. The standard InChI is InChI=1S/C15H23NOS2/c1-11(2)14(17)16-13-9-7-6-8-12(13)10-18-19-15(3,4)5/h6-9,11H,10H2,1-5H3,(H,16,17). The first-order chi connectivity index (χ1) is 8.79. The van der Waals surface area contributed by atoms with E-state index in [0.29, 0.717) is 0 Å². The summed E-state index contributed by atoms with van der Waals surface area (Å²) in [5, 5.41) is 3.00. The van der Waals surface area contributed by atoms with Gasteiger partial charge in [-0.05, 0) is 11.6 Å². The molecule has 0 fully saturated rings. The molecule has 1 aromatic rings. The molecule has 0 aliphatic heterocycles. The predicted molar refractivity (Wildman–Crippen MR) is 88.5 cm³/mol. The lowest BCUT2D eigenvalue weighted by atomic mass is 10.1. The molecule has 106 valence electrons. The highest BCUT2D eigenvalue weighted by atomic mass is 33.1. The predicted octanol–water partition coefficient (Wildman–Crippen LogP) is 4.96. The fourth-order valence-electron chi connectivity index (χ4n) is 1.31. The molecule has 0 aliphatic rings. The number of carbonyl (C=O) groups is 1.